The number of hydrogen-bond acceptors (Lipinski definition) is 3. The van der Waals surface area contributed by atoms with Crippen molar-refractivity contribution in [2.45, 2.75) is 46.5 Å². The van der Waals surface area contributed by atoms with Gasteiger partial charge in [0.1, 0.15) is 11.5 Å². The number of benzene rings is 3. The summed E-state index contributed by atoms with van der Waals surface area (Å²) in [5.74, 6) is 0.205. The van der Waals surface area contributed by atoms with Gasteiger partial charge in [-0.3, -0.25) is 4.98 Å². The van der Waals surface area contributed by atoms with Crippen LogP contribution in [0.3, 0.4) is 0 Å². The molecule has 0 saturated heterocycles. The summed E-state index contributed by atoms with van der Waals surface area (Å²) >= 11 is 0. The molecule has 0 aliphatic rings. The molecule has 0 atom stereocenters. The molecule has 0 amide bonds. The Morgan fingerprint density at radius 1 is 0.886 bits per heavy atom. The van der Waals surface area contributed by atoms with Crippen molar-refractivity contribution in [3.63, 3.8) is 0 Å². The molecule has 4 aromatic rings. The van der Waals surface area contributed by atoms with Crippen LogP contribution in [0.5, 0.6) is 11.5 Å². The fourth-order valence-electron chi connectivity index (χ4n) is 4.66. The normalized spacial score (nSPS) is 10.9. The first-order chi connectivity index (χ1) is 16.9. The predicted molar refractivity (Wildman–Crippen MR) is 147 cm³/mol. The van der Waals surface area contributed by atoms with Crippen molar-refractivity contribution in [1.82, 2.24) is 4.98 Å². The monoisotopic (exact) mass is 463 g/mol. The highest BCUT2D eigenvalue weighted by Crippen LogP contribution is 2.48. The van der Waals surface area contributed by atoms with Crippen LogP contribution in [0.15, 0.2) is 79.6 Å². The first kappa shape index (κ1) is 24.3. The molecule has 3 nitrogen and oxygen atoms in total. The molecule has 4 rings (SSSR count). The zero-order chi connectivity index (χ0) is 24.9. The van der Waals surface area contributed by atoms with E-state index in [1.54, 1.807) is 6.20 Å². The number of rotatable bonds is 8. The number of phenols is 2. The lowest BCUT2D eigenvalue weighted by molar-refractivity contribution is 0.454. The number of pyridine rings is 1. The van der Waals surface area contributed by atoms with Crippen LogP contribution in [0, 0.1) is 6.92 Å². The Morgan fingerprint density at radius 2 is 1.63 bits per heavy atom. The Kier molecular flexibility index (Phi) is 7.36. The van der Waals surface area contributed by atoms with E-state index in [2.05, 4.69) is 30.6 Å². The van der Waals surface area contributed by atoms with Gasteiger partial charge in [0.25, 0.3) is 0 Å². The third-order valence-corrected chi connectivity index (χ3v) is 6.48. The summed E-state index contributed by atoms with van der Waals surface area (Å²) in [6, 6.07) is 20.0. The van der Waals surface area contributed by atoms with Gasteiger partial charge in [-0.05, 0) is 72.2 Å². The van der Waals surface area contributed by atoms with Crippen LogP contribution >= 0.6 is 0 Å². The van der Waals surface area contributed by atoms with Gasteiger partial charge in [0, 0.05) is 18.0 Å². The van der Waals surface area contributed by atoms with Gasteiger partial charge in [0.15, 0.2) is 0 Å². The maximum absolute atomic E-state index is 11.7. The highest BCUT2D eigenvalue weighted by atomic mass is 16.3. The lowest BCUT2D eigenvalue weighted by Gasteiger charge is -2.20. The summed E-state index contributed by atoms with van der Waals surface area (Å²) in [6.07, 6.45) is 7.60. The first-order valence-corrected chi connectivity index (χ1v) is 12.3. The molecule has 0 bridgehead atoms. The smallest absolute Gasteiger partial charge is 0.135 e. The summed E-state index contributed by atoms with van der Waals surface area (Å²) in [6.45, 7) is 10.2. The number of unbranched alkanes of at least 4 members (excludes halogenated alkanes) is 2. The Labute approximate surface area is 208 Å². The second-order valence-electron chi connectivity index (χ2n) is 9.26. The SMILES string of the molecule is C=C(C)c1ccc(C)cc1-c1c(O)cc(CCCCC)c(-c2ccc(-c3cccnc3)cc2)c1O. The number of aromatic nitrogens is 1. The molecule has 3 aromatic carbocycles. The van der Waals surface area contributed by atoms with Crippen LogP contribution in [0.4, 0.5) is 0 Å². The zero-order valence-electron chi connectivity index (χ0n) is 20.8. The Balaban J connectivity index is 1.90. The van der Waals surface area contributed by atoms with Crippen LogP contribution < -0.4 is 0 Å². The molecule has 35 heavy (non-hydrogen) atoms. The van der Waals surface area contributed by atoms with Crippen LogP contribution in [0.1, 0.15) is 49.8 Å². The minimum Gasteiger partial charge on any atom is -0.507 e. The molecule has 0 aliphatic heterocycles. The van der Waals surface area contributed by atoms with E-state index in [0.29, 0.717) is 5.56 Å². The minimum atomic E-state index is 0.0952. The summed E-state index contributed by atoms with van der Waals surface area (Å²) in [5.41, 5.74) is 8.87. The van der Waals surface area contributed by atoms with Crippen molar-refractivity contribution < 1.29 is 10.2 Å². The summed E-state index contributed by atoms with van der Waals surface area (Å²) in [5, 5.41) is 22.8. The number of phenolic OH excluding ortho intramolecular Hbond substituents is 2. The van der Waals surface area contributed by atoms with Crippen LogP contribution in [-0.4, -0.2) is 15.2 Å². The molecule has 0 saturated carbocycles. The van der Waals surface area contributed by atoms with Gasteiger partial charge < -0.3 is 10.2 Å². The number of nitrogens with zero attached hydrogens (tertiary/aromatic N) is 1. The summed E-state index contributed by atoms with van der Waals surface area (Å²) in [4.78, 5) is 4.22. The zero-order valence-corrected chi connectivity index (χ0v) is 20.8. The number of hydrogen-bond donors (Lipinski definition) is 2. The maximum atomic E-state index is 11.7. The first-order valence-electron chi connectivity index (χ1n) is 12.3. The maximum Gasteiger partial charge on any atom is 0.135 e. The standard InChI is InChI=1S/C32H33NO2/c1-5-6-7-9-25-19-29(34)31(28-18-22(4)11-16-27(28)21(2)3)32(35)30(25)24-14-12-23(13-15-24)26-10-8-17-33-20-26/h8,10-20,34-35H,2,5-7,9H2,1,3-4H3. The van der Waals surface area contributed by atoms with Crippen molar-refractivity contribution in [2.24, 2.45) is 0 Å². The molecule has 178 valence electrons. The molecule has 1 aromatic heterocycles. The number of aromatic hydroxyl groups is 2. The summed E-state index contributed by atoms with van der Waals surface area (Å²) in [7, 11) is 0. The third kappa shape index (κ3) is 5.14. The molecular formula is C32H33NO2. The van der Waals surface area contributed by atoms with Gasteiger partial charge in [-0.15, -0.1) is 0 Å². The Bertz CT molecular complexity index is 1340. The fraction of sp³-hybridized carbons (Fsp3) is 0.219. The van der Waals surface area contributed by atoms with E-state index in [-0.39, 0.29) is 11.5 Å². The van der Waals surface area contributed by atoms with E-state index in [1.807, 2.05) is 68.6 Å². The summed E-state index contributed by atoms with van der Waals surface area (Å²) < 4.78 is 0. The third-order valence-electron chi connectivity index (χ3n) is 6.48. The molecule has 2 N–H and O–H groups in total. The second-order valence-corrected chi connectivity index (χ2v) is 9.26. The van der Waals surface area contributed by atoms with Crippen molar-refractivity contribution in [1.29, 1.82) is 0 Å². The average molecular weight is 464 g/mol. The van der Waals surface area contributed by atoms with E-state index in [9.17, 15) is 10.2 Å². The van der Waals surface area contributed by atoms with Crippen LogP contribution in [0.2, 0.25) is 0 Å². The van der Waals surface area contributed by atoms with Crippen LogP contribution in [0.25, 0.3) is 39.0 Å². The van der Waals surface area contributed by atoms with Gasteiger partial charge in [0.2, 0.25) is 0 Å². The lowest BCUT2D eigenvalue weighted by atomic mass is 9.86. The van der Waals surface area contributed by atoms with Crippen molar-refractivity contribution >= 4 is 5.57 Å². The van der Waals surface area contributed by atoms with E-state index in [0.717, 1.165) is 75.8 Å². The van der Waals surface area contributed by atoms with Gasteiger partial charge in [-0.25, -0.2) is 0 Å². The fourth-order valence-corrected chi connectivity index (χ4v) is 4.66. The topological polar surface area (TPSA) is 53.4 Å². The van der Waals surface area contributed by atoms with E-state index in [1.165, 1.54) is 0 Å². The second kappa shape index (κ2) is 10.6. The van der Waals surface area contributed by atoms with E-state index in [4.69, 9.17) is 0 Å². The highest BCUT2D eigenvalue weighted by Gasteiger charge is 2.22. The molecule has 0 spiro atoms. The number of allylic oxidation sites excluding steroid dienone is 1. The van der Waals surface area contributed by atoms with Gasteiger partial charge in [-0.2, -0.15) is 0 Å². The van der Waals surface area contributed by atoms with Gasteiger partial charge in [-0.1, -0.05) is 86.0 Å². The molecule has 0 fully saturated rings. The minimum absolute atomic E-state index is 0.0952. The molecule has 1 heterocycles. The van der Waals surface area contributed by atoms with Crippen molar-refractivity contribution in [3.05, 3.63) is 96.3 Å². The van der Waals surface area contributed by atoms with Gasteiger partial charge in [0.05, 0.1) is 5.56 Å². The lowest BCUT2D eigenvalue weighted by Crippen LogP contribution is -1.97. The van der Waals surface area contributed by atoms with E-state index < -0.39 is 0 Å². The quantitative estimate of drug-likeness (QED) is 0.257. The molecule has 0 unspecified atom stereocenters. The largest absolute Gasteiger partial charge is 0.507 e. The van der Waals surface area contributed by atoms with Gasteiger partial charge >= 0.3 is 0 Å². The Morgan fingerprint density at radius 3 is 2.29 bits per heavy atom. The predicted octanol–water partition coefficient (Wildman–Crippen LogP) is 8.57. The van der Waals surface area contributed by atoms with Crippen LogP contribution in [-0.2, 0) is 6.42 Å². The Hall–Kier alpha value is -3.85. The molecular weight excluding hydrogens is 430 g/mol. The van der Waals surface area contributed by atoms with Crippen molar-refractivity contribution in [2.75, 3.05) is 0 Å². The average Bonchev–Trinajstić information content (AvgIpc) is 2.85. The number of aryl methyl sites for hydroxylation is 2. The molecule has 0 aliphatic carbocycles. The molecule has 3 heteroatoms. The van der Waals surface area contributed by atoms with E-state index >= 15 is 0 Å². The highest BCUT2D eigenvalue weighted by molar-refractivity contribution is 5.92. The molecule has 0 radical (unpaired) electrons. The van der Waals surface area contributed by atoms with Crippen molar-refractivity contribution in [3.8, 4) is 44.9 Å².